The molecule has 1 atom stereocenters. The second-order valence-corrected chi connectivity index (χ2v) is 3.89. The fourth-order valence-corrected chi connectivity index (χ4v) is 1.73. The van der Waals surface area contributed by atoms with Crippen molar-refractivity contribution in [3.05, 3.63) is 35.1 Å². The summed E-state index contributed by atoms with van der Waals surface area (Å²) in [4.78, 5) is 4.14. The standard InChI is InChI=1S/C12H12F3NO/c1-2-3-12-16-11(6-17-12)7-4-9(14)10(15)5-8(7)13/h4-5,11H,2-3,6H2,1H3/t11-/m0/s1. The molecule has 92 valence electrons. The quantitative estimate of drug-likeness (QED) is 0.746. The molecule has 1 aliphatic rings. The molecule has 1 aromatic rings. The Morgan fingerprint density at radius 3 is 2.65 bits per heavy atom. The summed E-state index contributed by atoms with van der Waals surface area (Å²) in [7, 11) is 0. The highest BCUT2D eigenvalue weighted by Gasteiger charge is 2.24. The van der Waals surface area contributed by atoms with Crippen LogP contribution >= 0.6 is 0 Å². The molecule has 0 bridgehead atoms. The fourth-order valence-electron chi connectivity index (χ4n) is 1.73. The van der Waals surface area contributed by atoms with Crippen LogP contribution in [0.25, 0.3) is 0 Å². The first-order valence-corrected chi connectivity index (χ1v) is 5.45. The molecule has 0 radical (unpaired) electrons. The van der Waals surface area contributed by atoms with Gasteiger partial charge < -0.3 is 4.74 Å². The molecule has 0 spiro atoms. The van der Waals surface area contributed by atoms with Crippen LogP contribution in [0, 0.1) is 17.5 Å². The topological polar surface area (TPSA) is 21.6 Å². The van der Waals surface area contributed by atoms with E-state index in [1.165, 1.54) is 0 Å². The summed E-state index contributed by atoms with van der Waals surface area (Å²) in [5, 5.41) is 0. The van der Waals surface area contributed by atoms with Gasteiger partial charge in [0.05, 0.1) is 0 Å². The van der Waals surface area contributed by atoms with Crippen LogP contribution in [0.2, 0.25) is 0 Å². The Hall–Kier alpha value is -1.52. The van der Waals surface area contributed by atoms with Gasteiger partial charge in [0.15, 0.2) is 17.5 Å². The number of nitrogens with zero attached hydrogens (tertiary/aromatic N) is 1. The lowest BCUT2D eigenvalue weighted by Crippen LogP contribution is -2.03. The largest absolute Gasteiger partial charge is 0.478 e. The van der Waals surface area contributed by atoms with E-state index in [9.17, 15) is 13.2 Å². The number of halogens is 3. The van der Waals surface area contributed by atoms with Gasteiger partial charge in [-0.3, -0.25) is 0 Å². The van der Waals surface area contributed by atoms with Crippen molar-refractivity contribution in [1.29, 1.82) is 0 Å². The van der Waals surface area contributed by atoms with Crippen molar-refractivity contribution < 1.29 is 17.9 Å². The summed E-state index contributed by atoms with van der Waals surface area (Å²) in [5.41, 5.74) is 0.0370. The molecular formula is C12H12F3NO. The molecule has 0 aliphatic carbocycles. The number of rotatable bonds is 3. The summed E-state index contributed by atoms with van der Waals surface area (Å²) in [6.07, 6.45) is 1.54. The fraction of sp³-hybridized carbons (Fsp3) is 0.417. The molecule has 17 heavy (non-hydrogen) atoms. The molecule has 0 saturated heterocycles. The second kappa shape index (κ2) is 4.77. The molecule has 0 unspecified atom stereocenters. The van der Waals surface area contributed by atoms with Crippen molar-refractivity contribution in [2.45, 2.75) is 25.8 Å². The lowest BCUT2D eigenvalue weighted by molar-refractivity contribution is 0.308. The highest BCUT2D eigenvalue weighted by Crippen LogP contribution is 2.27. The van der Waals surface area contributed by atoms with Gasteiger partial charge in [-0.25, -0.2) is 18.2 Å². The molecule has 0 N–H and O–H groups in total. The van der Waals surface area contributed by atoms with Crippen molar-refractivity contribution in [3.8, 4) is 0 Å². The molecule has 0 saturated carbocycles. The predicted octanol–water partition coefficient (Wildman–Crippen LogP) is 3.37. The molecule has 0 aromatic heterocycles. The molecule has 2 rings (SSSR count). The molecule has 1 heterocycles. The van der Waals surface area contributed by atoms with Gasteiger partial charge in [0.2, 0.25) is 0 Å². The third kappa shape index (κ3) is 2.43. The van der Waals surface area contributed by atoms with Crippen LogP contribution in [-0.2, 0) is 4.74 Å². The normalized spacial score (nSPS) is 19.1. The summed E-state index contributed by atoms with van der Waals surface area (Å²) < 4.78 is 44.5. The smallest absolute Gasteiger partial charge is 0.183 e. The van der Waals surface area contributed by atoms with Crippen molar-refractivity contribution >= 4 is 5.90 Å². The maximum absolute atomic E-state index is 13.5. The van der Waals surface area contributed by atoms with E-state index in [0.717, 1.165) is 12.5 Å². The second-order valence-electron chi connectivity index (χ2n) is 3.89. The average molecular weight is 243 g/mol. The Bertz CT molecular complexity index is 459. The maximum atomic E-state index is 13.5. The summed E-state index contributed by atoms with van der Waals surface area (Å²) in [5.74, 6) is -2.51. The van der Waals surface area contributed by atoms with E-state index in [1.807, 2.05) is 6.92 Å². The number of hydrogen-bond acceptors (Lipinski definition) is 2. The van der Waals surface area contributed by atoms with E-state index < -0.39 is 23.5 Å². The van der Waals surface area contributed by atoms with Gasteiger partial charge in [-0.2, -0.15) is 0 Å². The Balaban J connectivity index is 2.27. The first-order chi connectivity index (χ1) is 8.11. The number of aliphatic imine (C=N–C) groups is 1. The minimum Gasteiger partial charge on any atom is -0.478 e. The van der Waals surface area contributed by atoms with Gasteiger partial charge >= 0.3 is 0 Å². The van der Waals surface area contributed by atoms with Gasteiger partial charge in [-0.1, -0.05) is 6.92 Å². The van der Waals surface area contributed by atoms with E-state index in [-0.39, 0.29) is 12.2 Å². The van der Waals surface area contributed by atoms with Crippen LogP contribution in [0.15, 0.2) is 17.1 Å². The van der Waals surface area contributed by atoms with Crippen molar-refractivity contribution in [3.63, 3.8) is 0 Å². The van der Waals surface area contributed by atoms with Gasteiger partial charge in [-0.15, -0.1) is 0 Å². The molecule has 5 heteroatoms. The third-order valence-electron chi connectivity index (χ3n) is 2.57. The van der Waals surface area contributed by atoms with E-state index >= 15 is 0 Å². The zero-order chi connectivity index (χ0) is 12.4. The van der Waals surface area contributed by atoms with Gasteiger partial charge in [-0.05, 0) is 12.5 Å². The van der Waals surface area contributed by atoms with Crippen molar-refractivity contribution in [2.75, 3.05) is 6.61 Å². The molecule has 1 aliphatic heterocycles. The van der Waals surface area contributed by atoms with Crippen LogP contribution < -0.4 is 0 Å². The Kier molecular flexibility index (Phi) is 3.36. The van der Waals surface area contributed by atoms with Crippen LogP contribution in [0.4, 0.5) is 13.2 Å². The lowest BCUT2D eigenvalue weighted by Gasteiger charge is -2.07. The van der Waals surface area contributed by atoms with Gasteiger partial charge in [0.25, 0.3) is 0 Å². The van der Waals surface area contributed by atoms with Gasteiger partial charge in [0.1, 0.15) is 18.5 Å². The van der Waals surface area contributed by atoms with Crippen LogP contribution in [0.1, 0.15) is 31.4 Å². The van der Waals surface area contributed by atoms with Crippen LogP contribution in [0.5, 0.6) is 0 Å². The zero-order valence-corrected chi connectivity index (χ0v) is 9.34. The first kappa shape index (κ1) is 12.0. The number of benzene rings is 1. The molecule has 0 fully saturated rings. The molecule has 2 nitrogen and oxygen atoms in total. The highest BCUT2D eigenvalue weighted by atomic mass is 19.2. The van der Waals surface area contributed by atoms with E-state index in [4.69, 9.17) is 4.74 Å². The Morgan fingerprint density at radius 2 is 1.94 bits per heavy atom. The van der Waals surface area contributed by atoms with Crippen LogP contribution in [0.3, 0.4) is 0 Å². The minimum absolute atomic E-state index is 0.0370. The van der Waals surface area contributed by atoms with Crippen molar-refractivity contribution in [2.24, 2.45) is 4.99 Å². The summed E-state index contributed by atoms with van der Waals surface area (Å²) in [6, 6.07) is 0.807. The maximum Gasteiger partial charge on any atom is 0.183 e. The molecule has 1 aromatic carbocycles. The van der Waals surface area contributed by atoms with E-state index in [2.05, 4.69) is 4.99 Å². The van der Waals surface area contributed by atoms with Crippen LogP contribution in [-0.4, -0.2) is 12.5 Å². The van der Waals surface area contributed by atoms with Crippen molar-refractivity contribution in [1.82, 2.24) is 0 Å². The number of ether oxygens (including phenoxy) is 1. The van der Waals surface area contributed by atoms with Gasteiger partial charge in [0, 0.05) is 18.1 Å². The predicted molar refractivity (Wildman–Crippen MR) is 57.4 cm³/mol. The average Bonchev–Trinajstić information content (AvgIpc) is 2.72. The SMILES string of the molecule is CCCC1=N[C@H](c2cc(F)c(F)cc2F)CO1. The molecule has 0 amide bonds. The first-order valence-electron chi connectivity index (χ1n) is 5.45. The highest BCUT2D eigenvalue weighted by molar-refractivity contribution is 5.77. The molecular weight excluding hydrogens is 231 g/mol. The number of hydrogen-bond donors (Lipinski definition) is 0. The minimum atomic E-state index is -1.19. The Labute approximate surface area is 97.1 Å². The zero-order valence-electron chi connectivity index (χ0n) is 9.34. The lowest BCUT2D eigenvalue weighted by atomic mass is 10.1. The third-order valence-corrected chi connectivity index (χ3v) is 2.57. The Morgan fingerprint density at radius 1 is 1.24 bits per heavy atom. The summed E-state index contributed by atoms with van der Waals surface area (Å²) >= 11 is 0. The van der Waals surface area contributed by atoms with E-state index in [1.54, 1.807) is 0 Å². The van der Waals surface area contributed by atoms with E-state index in [0.29, 0.717) is 18.4 Å². The monoisotopic (exact) mass is 243 g/mol. The summed E-state index contributed by atoms with van der Waals surface area (Å²) in [6.45, 7) is 2.15.